The standard InChI is InChI=1S/C30H31NO2/c1-24-9-8-10-25(21-24)22-33-29(23-31-19-15-26(29)16-20-31)17-18-30(32,27-11-4-2-5-12-27)28-13-6-3-7-14-28/h2-14,21,26,32H,15-16,19-20,22-23H2,1H3. The number of rotatable bonds is 5. The van der Waals surface area contributed by atoms with Gasteiger partial charge < -0.3 is 9.84 Å². The summed E-state index contributed by atoms with van der Waals surface area (Å²) in [5, 5.41) is 11.9. The van der Waals surface area contributed by atoms with Crippen molar-refractivity contribution in [3.8, 4) is 11.8 Å². The van der Waals surface area contributed by atoms with Crippen LogP contribution in [0.5, 0.6) is 0 Å². The van der Waals surface area contributed by atoms with Crippen LogP contribution in [-0.4, -0.2) is 35.2 Å². The molecule has 0 radical (unpaired) electrons. The first-order chi connectivity index (χ1) is 16.1. The average molecular weight is 438 g/mol. The van der Waals surface area contributed by atoms with Crippen molar-refractivity contribution in [2.75, 3.05) is 19.6 Å². The average Bonchev–Trinajstić information content (AvgIpc) is 2.88. The van der Waals surface area contributed by atoms with E-state index in [-0.39, 0.29) is 0 Å². The van der Waals surface area contributed by atoms with E-state index in [1.165, 1.54) is 5.56 Å². The summed E-state index contributed by atoms with van der Waals surface area (Å²) < 4.78 is 6.69. The number of fused-ring (bicyclic) bond motifs is 3. The highest BCUT2D eigenvalue weighted by Gasteiger charge is 2.47. The summed E-state index contributed by atoms with van der Waals surface area (Å²) in [4.78, 5) is 2.45. The zero-order valence-corrected chi connectivity index (χ0v) is 19.2. The molecule has 3 saturated heterocycles. The lowest BCUT2D eigenvalue weighted by Gasteiger charge is -2.50. The first-order valence-electron chi connectivity index (χ1n) is 11.9. The van der Waals surface area contributed by atoms with E-state index in [0.29, 0.717) is 12.5 Å². The third-order valence-electron chi connectivity index (χ3n) is 7.12. The van der Waals surface area contributed by atoms with Crippen LogP contribution >= 0.6 is 0 Å². The minimum absolute atomic E-state index is 0.371. The van der Waals surface area contributed by atoms with Gasteiger partial charge >= 0.3 is 0 Å². The Bertz CT molecular complexity index is 1100. The van der Waals surface area contributed by atoms with E-state index in [4.69, 9.17) is 4.74 Å². The number of hydrogen-bond donors (Lipinski definition) is 1. The predicted octanol–water partition coefficient (Wildman–Crippen LogP) is 4.92. The summed E-state index contributed by atoms with van der Waals surface area (Å²) in [6, 6.07) is 27.9. The Labute approximate surface area is 197 Å². The molecule has 0 amide bonds. The molecule has 3 fully saturated rings. The quantitative estimate of drug-likeness (QED) is 0.576. The Hall–Kier alpha value is -2.90. The maximum Gasteiger partial charge on any atom is 0.176 e. The van der Waals surface area contributed by atoms with E-state index in [0.717, 1.165) is 49.2 Å². The van der Waals surface area contributed by atoms with Gasteiger partial charge in [0.1, 0.15) is 5.60 Å². The lowest BCUT2D eigenvalue weighted by molar-refractivity contribution is -0.124. The molecular weight excluding hydrogens is 406 g/mol. The minimum Gasteiger partial charge on any atom is -0.369 e. The molecule has 0 saturated carbocycles. The summed E-state index contributed by atoms with van der Waals surface area (Å²) in [5.41, 5.74) is 1.96. The molecule has 3 nitrogen and oxygen atoms in total. The van der Waals surface area contributed by atoms with Crippen LogP contribution in [0.25, 0.3) is 0 Å². The Kier molecular flexibility index (Phi) is 6.08. The fourth-order valence-electron chi connectivity index (χ4n) is 5.24. The summed E-state index contributed by atoms with van der Waals surface area (Å²) in [5.74, 6) is 7.22. The van der Waals surface area contributed by atoms with E-state index in [2.05, 4.69) is 47.9 Å². The molecule has 1 unspecified atom stereocenters. The Morgan fingerprint density at radius 2 is 1.58 bits per heavy atom. The molecule has 0 spiro atoms. The van der Waals surface area contributed by atoms with Gasteiger partial charge in [-0.05, 0) is 38.4 Å². The van der Waals surface area contributed by atoms with Gasteiger partial charge in [0.2, 0.25) is 0 Å². The van der Waals surface area contributed by atoms with Crippen molar-refractivity contribution in [3.63, 3.8) is 0 Å². The molecule has 3 aliphatic rings. The molecule has 6 rings (SSSR count). The van der Waals surface area contributed by atoms with Crippen LogP contribution in [0.2, 0.25) is 0 Å². The zero-order valence-electron chi connectivity index (χ0n) is 19.2. The van der Waals surface area contributed by atoms with Gasteiger partial charge in [0.15, 0.2) is 5.60 Å². The number of piperidine rings is 3. The van der Waals surface area contributed by atoms with Gasteiger partial charge in [-0.15, -0.1) is 0 Å². The van der Waals surface area contributed by atoms with Crippen LogP contribution < -0.4 is 0 Å². The molecule has 3 heterocycles. The molecule has 0 aromatic heterocycles. The minimum atomic E-state index is -1.39. The molecule has 2 bridgehead atoms. The van der Waals surface area contributed by atoms with E-state index >= 15 is 0 Å². The van der Waals surface area contributed by atoms with Crippen LogP contribution in [0.3, 0.4) is 0 Å². The van der Waals surface area contributed by atoms with Gasteiger partial charge in [-0.1, -0.05) is 102 Å². The monoisotopic (exact) mass is 437 g/mol. The fraction of sp³-hybridized carbons (Fsp3) is 0.333. The van der Waals surface area contributed by atoms with Gasteiger partial charge in [-0.25, -0.2) is 0 Å². The van der Waals surface area contributed by atoms with E-state index in [1.54, 1.807) is 0 Å². The number of benzene rings is 3. The number of aliphatic hydroxyl groups is 1. The number of nitrogens with zero attached hydrogens (tertiary/aromatic N) is 1. The van der Waals surface area contributed by atoms with Gasteiger partial charge in [0.25, 0.3) is 0 Å². The van der Waals surface area contributed by atoms with E-state index in [1.807, 2.05) is 60.7 Å². The lowest BCUT2D eigenvalue weighted by atomic mass is 9.74. The SMILES string of the molecule is Cc1cccc(COC2(C#CC(O)(c3ccccc3)c3ccccc3)CN3CCC2CC3)c1. The van der Waals surface area contributed by atoms with Crippen LogP contribution in [0, 0.1) is 24.7 Å². The molecule has 3 heteroatoms. The second-order valence-corrected chi connectivity index (χ2v) is 9.41. The molecular formula is C30H31NO2. The predicted molar refractivity (Wildman–Crippen MR) is 132 cm³/mol. The second-order valence-electron chi connectivity index (χ2n) is 9.41. The Balaban J connectivity index is 1.54. The molecule has 168 valence electrons. The molecule has 1 N–H and O–H groups in total. The number of hydrogen-bond acceptors (Lipinski definition) is 3. The van der Waals surface area contributed by atoms with Crippen LogP contribution in [0.15, 0.2) is 84.9 Å². The molecule has 3 aromatic rings. The third kappa shape index (κ3) is 4.48. The summed E-state index contributed by atoms with van der Waals surface area (Å²) in [7, 11) is 0. The van der Waals surface area contributed by atoms with Crippen molar-refractivity contribution >= 4 is 0 Å². The van der Waals surface area contributed by atoms with Gasteiger partial charge in [0, 0.05) is 23.6 Å². The molecule has 3 aliphatic heterocycles. The first kappa shape index (κ1) is 21.9. The highest BCUT2D eigenvalue weighted by molar-refractivity contribution is 5.45. The van der Waals surface area contributed by atoms with Crippen molar-refractivity contribution in [2.24, 2.45) is 5.92 Å². The molecule has 1 atom stereocenters. The fourth-order valence-corrected chi connectivity index (χ4v) is 5.24. The smallest absolute Gasteiger partial charge is 0.176 e. The molecule has 33 heavy (non-hydrogen) atoms. The number of ether oxygens (including phenoxy) is 1. The van der Waals surface area contributed by atoms with Crippen molar-refractivity contribution in [3.05, 3.63) is 107 Å². The van der Waals surface area contributed by atoms with Gasteiger partial charge in [-0.2, -0.15) is 0 Å². The second kappa shape index (κ2) is 9.15. The van der Waals surface area contributed by atoms with Crippen LogP contribution in [0.4, 0.5) is 0 Å². The van der Waals surface area contributed by atoms with Crippen molar-refractivity contribution in [2.45, 2.75) is 37.6 Å². The first-order valence-corrected chi connectivity index (χ1v) is 11.9. The van der Waals surface area contributed by atoms with E-state index in [9.17, 15) is 5.11 Å². The number of aryl methyl sites for hydroxylation is 1. The zero-order chi connectivity index (χ0) is 22.7. The van der Waals surface area contributed by atoms with E-state index < -0.39 is 11.2 Å². The van der Waals surface area contributed by atoms with Crippen LogP contribution in [0.1, 0.15) is 35.1 Å². The van der Waals surface area contributed by atoms with Gasteiger partial charge in [0.05, 0.1) is 6.61 Å². The highest BCUT2D eigenvalue weighted by atomic mass is 16.5. The van der Waals surface area contributed by atoms with Crippen molar-refractivity contribution < 1.29 is 9.84 Å². The van der Waals surface area contributed by atoms with Crippen molar-refractivity contribution in [1.29, 1.82) is 0 Å². The lowest BCUT2D eigenvalue weighted by Crippen LogP contribution is -2.59. The van der Waals surface area contributed by atoms with Crippen LogP contribution in [-0.2, 0) is 16.9 Å². The van der Waals surface area contributed by atoms with Gasteiger partial charge in [-0.3, -0.25) is 4.90 Å². The third-order valence-corrected chi connectivity index (χ3v) is 7.12. The summed E-state index contributed by atoms with van der Waals surface area (Å²) in [6.07, 6.45) is 2.16. The highest BCUT2D eigenvalue weighted by Crippen LogP contribution is 2.39. The summed E-state index contributed by atoms with van der Waals surface area (Å²) >= 11 is 0. The maximum atomic E-state index is 11.9. The van der Waals surface area contributed by atoms with Crippen molar-refractivity contribution in [1.82, 2.24) is 4.90 Å². The normalized spacial score (nSPS) is 24.2. The molecule has 0 aliphatic carbocycles. The maximum absolute atomic E-state index is 11.9. The Morgan fingerprint density at radius 1 is 0.939 bits per heavy atom. The topological polar surface area (TPSA) is 32.7 Å². The molecule has 3 aromatic carbocycles. The summed E-state index contributed by atoms with van der Waals surface area (Å²) in [6.45, 7) is 5.62. The largest absolute Gasteiger partial charge is 0.369 e. The Morgan fingerprint density at radius 3 is 2.12 bits per heavy atom.